The van der Waals surface area contributed by atoms with Crippen molar-refractivity contribution in [3.8, 4) is 11.3 Å². The van der Waals surface area contributed by atoms with E-state index in [0.29, 0.717) is 98.0 Å². The average molecular weight is 1640 g/mol. The molecule has 29 heteroatoms. The number of amides is 3. The number of carbonyl (C=O) groups excluding carboxylic acids is 3. The van der Waals surface area contributed by atoms with Gasteiger partial charge in [-0.15, -0.1) is 34.0 Å². The van der Waals surface area contributed by atoms with E-state index >= 15 is 0 Å². The van der Waals surface area contributed by atoms with Crippen molar-refractivity contribution in [2.24, 2.45) is 0 Å². The topological polar surface area (TPSA) is 262 Å². The van der Waals surface area contributed by atoms with Crippen LogP contribution in [0.2, 0.25) is 15.1 Å². The number of hydrogen-bond acceptors (Lipinski definition) is 17. The van der Waals surface area contributed by atoms with Crippen LogP contribution < -0.4 is 31.9 Å². The van der Waals surface area contributed by atoms with Crippen LogP contribution in [0.4, 0.5) is 17.1 Å². The summed E-state index contributed by atoms with van der Waals surface area (Å²) in [5.74, 6) is 0.00137. The number of halogens is 3. The lowest BCUT2D eigenvalue weighted by Gasteiger charge is -2.32. The summed E-state index contributed by atoms with van der Waals surface area (Å²) < 4.78 is 90.3. The summed E-state index contributed by atoms with van der Waals surface area (Å²) in [4.78, 5) is 43.3. The molecule has 6 N–H and O–H groups in total. The van der Waals surface area contributed by atoms with E-state index in [1.807, 2.05) is 30.3 Å². The molecule has 3 amide bonds. The molecule has 10 aromatic rings. The molecule has 0 aliphatic carbocycles. The maximum Gasteiger partial charge on any atom is 0.252 e. The van der Waals surface area contributed by atoms with E-state index in [9.17, 15) is 39.6 Å². The third-order valence-corrected chi connectivity index (χ3v) is 29.7. The van der Waals surface area contributed by atoms with Crippen molar-refractivity contribution >= 4 is 134 Å². The van der Waals surface area contributed by atoms with Gasteiger partial charge in [0.2, 0.25) is 0 Å². The number of hydrogen-bond donors (Lipinski definition) is 6. The van der Waals surface area contributed by atoms with Crippen LogP contribution in [0.5, 0.6) is 0 Å². The van der Waals surface area contributed by atoms with Gasteiger partial charge in [-0.3, -0.25) is 14.4 Å². The summed E-state index contributed by atoms with van der Waals surface area (Å²) in [6.07, 6.45) is 9.58. The lowest BCUT2D eigenvalue weighted by atomic mass is 9.87. The highest BCUT2D eigenvalue weighted by molar-refractivity contribution is 7.92. The molecule has 3 saturated heterocycles. The highest BCUT2D eigenvalue weighted by atomic mass is 35.5. The van der Waals surface area contributed by atoms with E-state index < -0.39 is 30.1 Å². The number of benzene rings is 6. The monoisotopic (exact) mass is 1630 g/mol. The van der Waals surface area contributed by atoms with Crippen molar-refractivity contribution in [2.75, 3.05) is 55.2 Å². The molecular weight excluding hydrogens is 1550 g/mol. The van der Waals surface area contributed by atoms with Crippen molar-refractivity contribution in [3.05, 3.63) is 252 Å². The van der Waals surface area contributed by atoms with Crippen molar-refractivity contribution in [1.29, 1.82) is 0 Å². The maximum absolute atomic E-state index is 13.2. The quantitative estimate of drug-likeness (QED) is 0.0329. The number of anilines is 3. The molecule has 4 aromatic heterocycles. The minimum absolute atomic E-state index is 0.0767. The Morgan fingerprint density at radius 3 is 1.23 bits per heavy atom. The van der Waals surface area contributed by atoms with Gasteiger partial charge in [0, 0.05) is 126 Å². The summed E-state index contributed by atoms with van der Waals surface area (Å²) in [6.45, 7) is 12.3. The number of nitrogens with one attached hydrogen (secondary N) is 6. The molecule has 0 unspecified atom stereocenters. The Hall–Kier alpha value is -7.96. The van der Waals surface area contributed by atoms with E-state index in [0.717, 1.165) is 75.8 Å². The van der Waals surface area contributed by atoms with Gasteiger partial charge in [-0.25, -0.2) is 30.2 Å². The van der Waals surface area contributed by atoms with Gasteiger partial charge in [-0.1, -0.05) is 111 Å². The second-order valence-corrected chi connectivity index (χ2v) is 38.7. The molecule has 13 rings (SSSR count). The van der Waals surface area contributed by atoms with Gasteiger partial charge in [0.05, 0.1) is 25.8 Å². The summed E-state index contributed by atoms with van der Waals surface area (Å²) in [6, 6.07) is 55.4. The fraction of sp³-hybridized carbons (Fsp3) is 0.316. The van der Waals surface area contributed by atoms with Crippen molar-refractivity contribution in [3.63, 3.8) is 0 Å². The van der Waals surface area contributed by atoms with Crippen molar-refractivity contribution in [1.82, 2.24) is 33.8 Å². The van der Waals surface area contributed by atoms with Crippen molar-refractivity contribution < 1.29 is 44.1 Å². The molecule has 6 aromatic carbocycles. The van der Waals surface area contributed by atoms with Gasteiger partial charge in [-0.05, 0) is 201 Å². The predicted molar refractivity (Wildman–Crippen MR) is 435 cm³/mol. The molecule has 0 spiro atoms. The highest BCUT2D eigenvalue weighted by Gasteiger charge is 2.34. The molecule has 570 valence electrons. The molecule has 0 bridgehead atoms. The first-order valence-electron chi connectivity index (χ1n) is 35.6. The molecule has 0 saturated carbocycles. The standard InChI is InChI=1S/C27H32ClN3O3S2.C26H25ClN4O4S2.C26H30ClN3O3S2/c1-27(2,3)20-5-4-6-23(17-20)30-22-13-15-31(16-14-22)36(33,34)25-12-11-24(35-25)18-29-26(32)19-7-9-21(28)10-8-19;27-20-6-4-18(5-7-20)26(32)29-15-23-8-9-25(36-23)37(33,34)31-12-10-21(11-13-31)30-22-3-1-2-19(14-22)24-16-28-17-35-24;1-2-5-19-6-3-4-7-24(19)29-22-14-16-30(17-15-22)35(32,33)25-13-12-23(34-25)18-28-26(31)20-8-10-21(27)11-9-20/h4-12,17,22,30H,13-16,18H2,1-3H3,(H,29,32);1-9,14,16-17,21,30H,10-13,15H2,(H,29,32);3-4,6-13,22,29H,2,5,14-18H2,1H3,(H,28,31). The van der Waals surface area contributed by atoms with Crippen LogP contribution >= 0.6 is 68.8 Å². The second kappa shape index (κ2) is 37.2. The first kappa shape index (κ1) is 81.0. The van der Waals surface area contributed by atoms with E-state index in [1.165, 1.54) is 55.8 Å². The summed E-state index contributed by atoms with van der Waals surface area (Å²) in [7, 11) is -10.7. The molecular formula is C79H87Cl3N10O10S6. The largest absolute Gasteiger partial charge is 0.444 e. The lowest BCUT2D eigenvalue weighted by Crippen LogP contribution is -2.42. The van der Waals surface area contributed by atoms with Crippen LogP contribution in [0.25, 0.3) is 11.3 Å². The second-order valence-electron chi connectivity index (χ2n) is 27.4. The lowest BCUT2D eigenvalue weighted by molar-refractivity contribution is 0.0943. The normalized spacial score (nSPS) is 15.2. The minimum atomic E-state index is -3.59. The Bertz CT molecular complexity index is 5010. The zero-order chi connectivity index (χ0) is 76.6. The zero-order valence-electron chi connectivity index (χ0n) is 60.2. The summed E-state index contributed by atoms with van der Waals surface area (Å²) in [5, 5.41) is 20.9. The van der Waals surface area contributed by atoms with Crippen LogP contribution in [-0.2, 0) is 61.5 Å². The number of piperidine rings is 3. The third-order valence-electron chi connectivity index (χ3n) is 18.6. The van der Waals surface area contributed by atoms with Gasteiger partial charge in [0.1, 0.15) is 12.6 Å². The van der Waals surface area contributed by atoms with Gasteiger partial charge >= 0.3 is 0 Å². The van der Waals surface area contributed by atoms with Crippen LogP contribution in [0.15, 0.2) is 212 Å². The van der Waals surface area contributed by atoms with E-state index in [-0.39, 0.29) is 65.1 Å². The summed E-state index contributed by atoms with van der Waals surface area (Å²) >= 11 is 21.2. The first-order valence-corrected chi connectivity index (χ1v) is 43.5. The average Bonchev–Trinajstić information content (AvgIpc) is 1.72. The molecule has 3 aliphatic rings. The Labute approximate surface area is 659 Å². The predicted octanol–water partition coefficient (Wildman–Crippen LogP) is 16.7. The number of aryl methyl sites for hydroxylation is 1. The fourth-order valence-electron chi connectivity index (χ4n) is 12.5. The molecule has 3 aliphatic heterocycles. The maximum atomic E-state index is 13.2. The fourth-order valence-corrected chi connectivity index (χ4v) is 21.7. The highest BCUT2D eigenvalue weighted by Crippen LogP contribution is 2.34. The summed E-state index contributed by atoms with van der Waals surface area (Å²) in [5.41, 5.74) is 8.27. The molecule has 20 nitrogen and oxygen atoms in total. The molecule has 0 atom stereocenters. The molecule has 0 radical (unpaired) electrons. The first-order chi connectivity index (χ1) is 51.8. The Balaban J connectivity index is 0.000000161. The van der Waals surface area contributed by atoms with Crippen molar-refractivity contribution in [2.45, 2.75) is 135 Å². The van der Waals surface area contributed by atoms with E-state index in [4.69, 9.17) is 39.2 Å². The Morgan fingerprint density at radius 1 is 0.472 bits per heavy atom. The number of rotatable bonds is 24. The third kappa shape index (κ3) is 22.0. The minimum Gasteiger partial charge on any atom is -0.444 e. The van der Waals surface area contributed by atoms with Gasteiger partial charge in [0.15, 0.2) is 12.2 Å². The van der Waals surface area contributed by atoms with E-state index in [2.05, 4.69) is 107 Å². The Morgan fingerprint density at radius 2 is 0.852 bits per heavy atom. The molecule has 3 fully saturated rings. The SMILES string of the molecule is CC(C)(C)c1cccc(NC2CCN(S(=O)(=O)c3ccc(CNC(=O)c4ccc(Cl)cc4)s3)CC2)c1.CCCc1ccccc1NC1CCN(S(=O)(=O)c2ccc(CNC(=O)c3ccc(Cl)cc3)s2)CC1.O=C(NCc1ccc(S(=O)(=O)N2CCC(Nc3cccc(-c4cnco4)c3)CC2)s1)c1ccc(Cl)cc1. The molecule has 108 heavy (non-hydrogen) atoms. The van der Waals surface area contributed by atoms with Crippen LogP contribution in [0.3, 0.4) is 0 Å². The number of para-hydroxylation sites is 1. The number of nitrogens with zero attached hydrogens (tertiary/aromatic N) is 4. The number of oxazole rings is 1. The van der Waals surface area contributed by atoms with Gasteiger partial charge < -0.3 is 36.3 Å². The van der Waals surface area contributed by atoms with E-state index in [1.54, 1.807) is 124 Å². The molecule has 7 heterocycles. The van der Waals surface area contributed by atoms with Crippen LogP contribution in [0.1, 0.15) is 129 Å². The van der Waals surface area contributed by atoms with Gasteiger partial charge in [0.25, 0.3) is 47.8 Å². The Kier molecular flexibility index (Phi) is 27.9. The van der Waals surface area contributed by atoms with Gasteiger partial charge in [-0.2, -0.15) is 12.9 Å². The number of carbonyl (C=O) groups is 3. The zero-order valence-corrected chi connectivity index (χ0v) is 67.3. The van der Waals surface area contributed by atoms with Crippen LogP contribution in [-0.4, -0.2) is 118 Å². The number of sulfonamides is 3. The van der Waals surface area contributed by atoms with Crippen LogP contribution in [0, 0.1) is 0 Å². The number of aromatic nitrogens is 1. The number of thiophene rings is 3. The smallest absolute Gasteiger partial charge is 0.252 e.